The molecule has 0 aromatic carbocycles. The second-order valence-electron chi connectivity index (χ2n) is 3.71. The van der Waals surface area contributed by atoms with Crippen LogP contribution in [0.2, 0.25) is 0 Å². The Kier molecular flexibility index (Phi) is 3.52. The minimum Gasteiger partial charge on any atom is -0.467 e. The first-order chi connectivity index (χ1) is 8.67. The van der Waals surface area contributed by atoms with Crippen molar-refractivity contribution in [3.05, 3.63) is 22.2 Å². The Morgan fingerprint density at radius 1 is 1.33 bits per heavy atom. The predicted molar refractivity (Wildman–Crippen MR) is 64.8 cm³/mol. The highest BCUT2D eigenvalue weighted by atomic mass is 16.5. The van der Waals surface area contributed by atoms with Gasteiger partial charge in [0.05, 0.1) is 26.5 Å². The highest BCUT2D eigenvalue weighted by Crippen LogP contribution is 2.10. The monoisotopic (exact) mass is 250 g/mol. The van der Waals surface area contributed by atoms with Crippen molar-refractivity contribution in [2.75, 3.05) is 20.8 Å². The molecule has 0 aliphatic heterocycles. The van der Waals surface area contributed by atoms with Gasteiger partial charge in [-0.15, -0.1) is 0 Å². The quantitative estimate of drug-likeness (QED) is 0.768. The van der Waals surface area contributed by atoms with Crippen molar-refractivity contribution >= 4 is 11.2 Å². The molecule has 0 aliphatic carbocycles. The number of ether oxygens (including phenoxy) is 2. The van der Waals surface area contributed by atoms with Crippen LogP contribution in [0.1, 0.15) is 5.69 Å². The summed E-state index contributed by atoms with van der Waals surface area (Å²) >= 11 is 0. The smallest absolute Gasteiger partial charge is 0.318 e. The van der Waals surface area contributed by atoms with E-state index in [-0.39, 0.29) is 11.6 Å². The van der Waals surface area contributed by atoms with E-state index in [0.29, 0.717) is 30.0 Å². The molecule has 0 N–H and O–H groups in total. The summed E-state index contributed by atoms with van der Waals surface area (Å²) in [7, 11) is 3.05. The molecule has 0 spiro atoms. The van der Waals surface area contributed by atoms with Crippen molar-refractivity contribution in [2.45, 2.75) is 13.5 Å². The van der Waals surface area contributed by atoms with E-state index in [4.69, 9.17) is 9.47 Å². The SMILES string of the molecule is COCCn1c(=O)c(C)nc2cnc(OC)nc21. The summed E-state index contributed by atoms with van der Waals surface area (Å²) in [6.45, 7) is 2.50. The summed E-state index contributed by atoms with van der Waals surface area (Å²) in [5, 5.41) is 0. The van der Waals surface area contributed by atoms with Crippen molar-refractivity contribution < 1.29 is 9.47 Å². The van der Waals surface area contributed by atoms with Crippen LogP contribution in [0.15, 0.2) is 11.0 Å². The molecule has 7 nitrogen and oxygen atoms in total. The zero-order valence-corrected chi connectivity index (χ0v) is 10.5. The molecule has 18 heavy (non-hydrogen) atoms. The van der Waals surface area contributed by atoms with Gasteiger partial charge < -0.3 is 9.47 Å². The summed E-state index contributed by atoms with van der Waals surface area (Å²) in [5.74, 6) is 0. The summed E-state index contributed by atoms with van der Waals surface area (Å²) in [5.41, 5.74) is 1.24. The third-order valence-electron chi connectivity index (χ3n) is 2.53. The number of nitrogens with zero attached hydrogens (tertiary/aromatic N) is 4. The maximum absolute atomic E-state index is 12.0. The number of aryl methyl sites for hydroxylation is 1. The van der Waals surface area contributed by atoms with Gasteiger partial charge in [0.25, 0.3) is 5.56 Å². The fourth-order valence-corrected chi connectivity index (χ4v) is 1.64. The molecular formula is C11H14N4O3. The number of aromatic nitrogens is 4. The van der Waals surface area contributed by atoms with Gasteiger partial charge in [-0.2, -0.15) is 4.98 Å². The van der Waals surface area contributed by atoms with E-state index < -0.39 is 0 Å². The maximum Gasteiger partial charge on any atom is 0.318 e. The van der Waals surface area contributed by atoms with E-state index >= 15 is 0 Å². The van der Waals surface area contributed by atoms with Gasteiger partial charge in [0, 0.05) is 7.11 Å². The van der Waals surface area contributed by atoms with Crippen molar-refractivity contribution in [3.63, 3.8) is 0 Å². The number of hydrogen-bond acceptors (Lipinski definition) is 6. The largest absolute Gasteiger partial charge is 0.467 e. The lowest BCUT2D eigenvalue weighted by atomic mass is 10.4. The van der Waals surface area contributed by atoms with Gasteiger partial charge in [0.2, 0.25) is 0 Å². The average molecular weight is 250 g/mol. The van der Waals surface area contributed by atoms with E-state index in [2.05, 4.69) is 15.0 Å². The van der Waals surface area contributed by atoms with Crippen molar-refractivity contribution in [3.8, 4) is 6.01 Å². The normalized spacial score (nSPS) is 10.8. The molecule has 0 atom stereocenters. The van der Waals surface area contributed by atoms with Crippen LogP contribution in [0, 0.1) is 6.92 Å². The second kappa shape index (κ2) is 5.09. The molecule has 0 radical (unpaired) electrons. The second-order valence-corrected chi connectivity index (χ2v) is 3.71. The highest BCUT2D eigenvalue weighted by Gasteiger charge is 2.10. The fourth-order valence-electron chi connectivity index (χ4n) is 1.64. The summed E-state index contributed by atoms with van der Waals surface area (Å²) in [4.78, 5) is 24.3. The Morgan fingerprint density at radius 3 is 2.78 bits per heavy atom. The topological polar surface area (TPSA) is 79.1 Å². The molecule has 0 aliphatic rings. The molecule has 96 valence electrons. The first kappa shape index (κ1) is 12.4. The number of hydrogen-bond donors (Lipinski definition) is 0. The molecule has 0 fully saturated rings. The predicted octanol–water partition coefficient (Wildman–Crippen LogP) is 0.150. The molecule has 0 bridgehead atoms. The van der Waals surface area contributed by atoms with Crippen LogP contribution in [0.4, 0.5) is 0 Å². The molecule has 2 rings (SSSR count). The molecule has 0 saturated carbocycles. The van der Waals surface area contributed by atoms with Crippen LogP contribution in [-0.4, -0.2) is 40.3 Å². The third-order valence-corrected chi connectivity index (χ3v) is 2.53. The first-order valence-corrected chi connectivity index (χ1v) is 5.44. The van der Waals surface area contributed by atoms with Crippen molar-refractivity contribution in [1.82, 2.24) is 19.5 Å². The third kappa shape index (κ3) is 2.17. The maximum atomic E-state index is 12.0. The highest BCUT2D eigenvalue weighted by molar-refractivity contribution is 5.69. The summed E-state index contributed by atoms with van der Waals surface area (Å²) < 4.78 is 11.5. The van der Waals surface area contributed by atoms with Crippen LogP contribution < -0.4 is 10.3 Å². The molecule has 0 saturated heterocycles. The molecule has 2 heterocycles. The molecule has 2 aromatic heterocycles. The van der Waals surface area contributed by atoms with E-state index in [1.54, 1.807) is 14.0 Å². The average Bonchev–Trinajstić information content (AvgIpc) is 2.39. The zero-order chi connectivity index (χ0) is 13.1. The van der Waals surface area contributed by atoms with Gasteiger partial charge in [-0.05, 0) is 6.92 Å². The van der Waals surface area contributed by atoms with E-state index in [9.17, 15) is 4.79 Å². The molecule has 7 heteroatoms. The number of fused-ring (bicyclic) bond motifs is 1. The van der Waals surface area contributed by atoms with Crippen LogP contribution in [0.3, 0.4) is 0 Å². The summed E-state index contributed by atoms with van der Waals surface area (Å²) in [6.07, 6.45) is 1.54. The Morgan fingerprint density at radius 2 is 2.11 bits per heavy atom. The number of rotatable bonds is 4. The van der Waals surface area contributed by atoms with Gasteiger partial charge in [-0.3, -0.25) is 9.36 Å². The Hall–Kier alpha value is -2.02. The van der Waals surface area contributed by atoms with Crippen LogP contribution >= 0.6 is 0 Å². The van der Waals surface area contributed by atoms with E-state index in [0.717, 1.165) is 0 Å². The minimum absolute atomic E-state index is 0.180. The van der Waals surface area contributed by atoms with Crippen molar-refractivity contribution in [1.29, 1.82) is 0 Å². The fraction of sp³-hybridized carbons (Fsp3) is 0.455. The van der Waals surface area contributed by atoms with Gasteiger partial charge in [0.1, 0.15) is 11.2 Å². The van der Waals surface area contributed by atoms with E-state index in [1.165, 1.54) is 17.9 Å². The molecule has 0 unspecified atom stereocenters. The minimum atomic E-state index is -0.180. The van der Waals surface area contributed by atoms with Gasteiger partial charge in [0.15, 0.2) is 5.65 Å². The zero-order valence-electron chi connectivity index (χ0n) is 10.5. The molecular weight excluding hydrogens is 236 g/mol. The number of methoxy groups -OCH3 is 2. The van der Waals surface area contributed by atoms with Crippen LogP contribution in [0.25, 0.3) is 11.2 Å². The van der Waals surface area contributed by atoms with Gasteiger partial charge >= 0.3 is 6.01 Å². The lowest BCUT2D eigenvalue weighted by molar-refractivity contribution is 0.187. The lowest BCUT2D eigenvalue weighted by Crippen LogP contribution is -2.26. The Bertz CT molecular complexity index is 623. The molecule has 0 amide bonds. The van der Waals surface area contributed by atoms with Crippen LogP contribution in [0.5, 0.6) is 6.01 Å². The summed E-state index contributed by atoms with van der Waals surface area (Å²) in [6, 6.07) is 0.207. The van der Waals surface area contributed by atoms with Gasteiger partial charge in [-0.25, -0.2) is 9.97 Å². The lowest BCUT2D eigenvalue weighted by Gasteiger charge is -2.09. The Balaban J connectivity index is 2.68. The van der Waals surface area contributed by atoms with Crippen molar-refractivity contribution in [2.24, 2.45) is 0 Å². The van der Waals surface area contributed by atoms with Crippen LogP contribution in [-0.2, 0) is 11.3 Å². The standard InChI is InChI=1S/C11H14N4O3/c1-7-10(16)15(4-5-17-2)9-8(13-7)6-12-11(14-9)18-3/h6H,4-5H2,1-3H3. The Labute approximate surface area is 103 Å². The first-order valence-electron chi connectivity index (χ1n) is 5.44. The molecule has 2 aromatic rings. The van der Waals surface area contributed by atoms with Gasteiger partial charge in [-0.1, -0.05) is 0 Å². The van der Waals surface area contributed by atoms with E-state index in [1.807, 2.05) is 0 Å².